The second-order valence-electron chi connectivity index (χ2n) is 9.39. The Balaban J connectivity index is 1.40. The number of sulfonamides is 1. The zero-order valence-corrected chi connectivity index (χ0v) is 20.8. The van der Waals surface area contributed by atoms with E-state index in [1.165, 1.54) is 16.1 Å². The number of hydrogen-bond donors (Lipinski definition) is 1. The molecule has 2 unspecified atom stereocenters. The van der Waals surface area contributed by atoms with Gasteiger partial charge in [0, 0.05) is 25.6 Å². The van der Waals surface area contributed by atoms with Gasteiger partial charge >= 0.3 is 0 Å². The van der Waals surface area contributed by atoms with E-state index in [0.717, 1.165) is 40.0 Å². The monoisotopic (exact) mass is 490 g/mol. The van der Waals surface area contributed by atoms with Gasteiger partial charge in [0.15, 0.2) is 0 Å². The van der Waals surface area contributed by atoms with Crippen molar-refractivity contribution >= 4 is 15.9 Å². The Labute approximate surface area is 207 Å². The second-order valence-corrected chi connectivity index (χ2v) is 11.4. The molecule has 1 saturated carbocycles. The minimum absolute atomic E-state index is 0.00296. The van der Waals surface area contributed by atoms with E-state index in [9.17, 15) is 13.2 Å². The van der Waals surface area contributed by atoms with Gasteiger partial charge in [-0.15, -0.1) is 0 Å². The molecule has 2 atom stereocenters. The summed E-state index contributed by atoms with van der Waals surface area (Å²) in [6.45, 7) is 1.14. The molecule has 2 aliphatic rings. The molecule has 1 aliphatic heterocycles. The zero-order valence-electron chi connectivity index (χ0n) is 20.0. The Morgan fingerprint density at radius 2 is 1.86 bits per heavy atom. The molecular formula is C28H30N2O4S. The summed E-state index contributed by atoms with van der Waals surface area (Å²) in [5.41, 5.74) is 6.40. The number of benzene rings is 3. The molecular weight excluding hydrogens is 460 g/mol. The maximum atomic E-state index is 12.9. The first kappa shape index (κ1) is 23.6. The van der Waals surface area contributed by atoms with Crippen LogP contribution in [0.4, 0.5) is 0 Å². The molecule has 0 bridgehead atoms. The predicted octanol–water partition coefficient (Wildman–Crippen LogP) is 4.10. The Morgan fingerprint density at radius 3 is 2.60 bits per heavy atom. The summed E-state index contributed by atoms with van der Waals surface area (Å²) in [6, 6.07) is 22.1. The van der Waals surface area contributed by atoms with Crippen molar-refractivity contribution in [3.05, 3.63) is 89.0 Å². The van der Waals surface area contributed by atoms with Crippen LogP contribution in [0.5, 0.6) is 5.75 Å². The van der Waals surface area contributed by atoms with Crippen LogP contribution in [-0.4, -0.2) is 38.5 Å². The standard InChI is InChI=1S/C28H30N2O4S/c1-34-22-10-6-9-20(15-22)23-12-11-21(27-18-30(35(2,32)33)14-13-24(23)27)17-29-28(31)26-16-25(26)19-7-4-3-5-8-19/h3-12,15,25-26H,13-14,16-18H2,1-2H3,(H,29,31). The highest BCUT2D eigenvalue weighted by molar-refractivity contribution is 7.88. The van der Waals surface area contributed by atoms with Gasteiger partial charge in [-0.2, -0.15) is 4.31 Å². The SMILES string of the molecule is COc1cccc(-c2ccc(CNC(=O)C3CC3c3ccccc3)c3c2CCN(S(C)(=O)=O)C3)c1. The molecule has 1 heterocycles. The number of carbonyl (C=O) groups excluding carboxylic acids is 1. The van der Waals surface area contributed by atoms with Gasteiger partial charge in [-0.3, -0.25) is 4.79 Å². The molecule has 35 heavy (non-hydrogen) atoms. The third-order valence-corrected chi connectivity index (χ3v) is 8.38. The van der Waals surface area contributed by atoms with Gasteiger partial charge in [-0.25, -0.2) is 8.42 Å². The van der Waals surface area contributed by atoms with Crippen LogP contribution in [0.3, 0.4) is 0 Å². The average Bonchev–Trinajstić information content (AvgIpc) is 3.68. The fraction of sp³-hybridized carbons (Fsp3) is 0.321. The third-order valence-electron chi connectivity index (χ3n) is 7.13. The van der Waals surface area contributed by atoms with Gasteiger partial charge in [-0.1, -0.05) is 54.6 Å². The van der Waals surface area contributed by atoms with E-state index in [1.54, 1.807) is 7.11 Å². The fourth-order valence-electron chi connectivity index (χ4n) is 5.09. The van der Waals surface area contributed by atoms with E-state index < -0.39 is 10.0 Å². The Morgan fingerprint density at radius 1 is 1.06 bits per heavy atom. The number of hydrogen-bond acceptors (Lipinski definition) is 4. The summed E-state index contributed by atoms with van der Waals surface area (Å²) in [5.74, 6) is 1.11. The first-order valence-electron chi connectivity index (χ1n) is 11.9. The number of amides is 1. The van der Waals surface area contributed by atoms with Crippen molar-refractivity contribution in [2.45, 2.75) is 31.8 Å². The van der Waals surface area contributed by atoms with Gasteiger partial charge in [0.05, 0.1) is 13.4 Å². The number of carbonyl (C=O) groups is 1. The van der Waals surface area contributed by atoms with Gasteiger partial charge < -0.3 is 10.1 Å². The van der Waals surface area contributed by atoms with Gasteiger partial charge in [-0.05, 0) is 64.3 Å². The van der Waals surface area contributed by atoms with Gasteiger partial charge in [0.1, 0.15) is 5.75 Å². The summed E-state index contributed by atoms with van der Waals surface area (Å²) in [4.78, 5) is 12.9. The molecule has 1 fully saturated rings. The maximum Gasteiger partial charge on any atom is 0.224 e. The highest BCUT2D eigenvalue weighted by atomic mass is 32.2. The van der Waals surface area contributed by atoms with Crippen LogP contribution in [0.15, 0.2) is 66.7 Å². The van der Waals surface area contributed by atoms with Crippen molar-refractivity contribution in [1.82, 2.24) is 9.62 Å². The molecule has 6 nitrogen and oxygen atoms in total. The Hall–Kier alpha value is -3.16. The van der Waals surface area contributed by atoms with Gasteiger partial charge in [0.25, 0.3) is 0 Å². The molecule has 5 rings (SSSR count). The van der Waals surface area contributed by atoms with Crippen LogP contribution >= 0.6 is 0 Å². The lowest BCUT2D eigenvalue weighted by atomic mass is 9.88. The lowest BCUT2D eigenvalue weighted by Crippen LogP contribution is -2.36. The predicted molar refractivity (Wildman–Crippen MR) is 137 cm³/mol. The van der Waals surface area contributed by atoms with E-state index in [2.05, 4.69) is 23.5 Å². The lowest BCUT2D eigenvalue weighted by molar-refractivity contribution is -0.122. The number of ether oxygens (including phenoxy) is 1. The van der Waals surface area contributed by atoms with Crippen molar-refractivity contribution < 1.29 is 17.9 Å². The summed E-state index contributed by atoms with van der Waals surface area (Å²) >= 11 is 0. The van der Waals surface area contributed by atoms with Crippen LogP contribution < -0.4 is 10.1 Å². The molecule has 0 spiro atoms. The number of fused-ring (bicyclic) bond motifs is 1. The quantitative estimate of drug-likeness (QED) is 0.541. The van der Waals surface area contributed by atoms with Crippen molar-refractivity contribution in [1.29, 1.82) is 0 Å². The molecule has 1 amide bonds. The molecule has 1 aliphatic carbocycles. The van der Waals surface area contributed by atoms with E-state index in [1.807, 2.05) is 48.5 Å². The number of methoxy groups -OCH3 is 1. The smallest absolute Gasteiger partial charge is 0.224 e. The molecule has 3 aromatic carbocycles. The van der Waals surface area contributed by atoms with Crippen molar-refractivity contribution in [3.8, 4) is 16.9 Å². The Bertz CT molecular complexity index is 1350. The second kappa shape index (κ2) is 9.47. The minimum atomic E-state index is -3.32. The first-order chi connectivity index (χ1) is 16.8. The summed E-state index contributed by atoms with van der Waals surface area (Å²) in [6.07, 6.45) is 2.74. The molecule has 7 heteroatoms. The topological polar surface area (TPSA) is 75.7 Å². The van der Waals surface area contributed by atoms with Gasteiger partial charge in [0.2, 0.25) is 15.9 Å². The highest BCUT2D eigenvalue weighted by Crippen LogP contribution is 2.47. The maximum absolute atomic E-state index is 12.9. The number of nitrogens with one attached hydrogen (secondary N) is 1. The van der Waals surface area contributed by atoms with Crippen molar-refractivity contribution in [2.24, 2.45) is 5.92 Å². The van der Waals surface area contributed by atoms with Crippen molar-refractivity contribution in [3.63, 3.8) is 0 Å². The van der Waals surface area contributed by atoms with Crippen LogP contribution in [0, 0.1) is 5.92 Å². The average molecular weight is 491 g/mol. The summed E-state index contributed by atoms with van der Waals surface area (Å²) in [7, 11) is -1.67. The largest absolute Gasteiger partial charge is 0.497 e. The fourth-order valence-corrected chi connectivity index (χ4v) is 5.88. The Kier molecular flexibility index (Phi) is 6.38. The molecule has 0 radical (unpaired) electrons. The van der Waals surface area contributed by atoms with Crippen LogP contribution in [0.2, 0.25) is 0 Å². The van der Waals surface area contributed by atoms with E-state index >= 15 is 0 Å². The third kappa shape index (κ3) is 4.97. The normalized spacial score (nSPS) is 19.6. The summed E-state index contributed by atoms with van der Waals surface area (Å²) in [5, 5.41) is 3.11. The van der Waals surface area contributed by atoms with E-state index in [4.69, 9.17) is 4.74 Å². The van der Waals surface area contributed by atoms with Crippen molar-refractivity contribution in [2.75, 3.05) is 19.9 Å². The zero-order chi connectivity index (χ0) is 24.6. The first-order valence-corrected chi connectivity index (χ1v) is 13.8. The van der Waals surface area contributed by atoms with Crippen LogP contribution in [-0.2, 0) is 34.3 Å². The molecule has 0 aromatic heterocycles. The minimum Gasteiger partial charge on any atom is -0.497 e. The molecule has 1 N–H and O–H groups in total. The highest BCUT2D eigenvalue weighted by Gasteiger charge is 2.43. The van der Waals surface area contributed by atoms with E-state index in [-0.39, 0.29) is 17.7 Å². The van der Waals surface area contributed by atoms with Crippen LogP contribution in [0.25, 0.3) is 11.1 Å². The molecule has 0 saturated heterocycles. The molecule has 182 valence electrons. The number of nitrogens with zero attached hydrogens (tertiary/aromatic N) is 1. The van der Waals surface area contributed by atoms with Crippen LogP contribution in [0.1, 0.15) is 34.6 Å². The molecule has 3 aromatic rings. The number of rotatable bonds is 7. The summed E-state index contributed by atoms with van der Waals surface area (Å²) < 4.78 is 31.6. The lowest BCUT2D eigenvalue weighted by Gasteiger charge is -2.30. The van der Waals surface area contributed by atoms with E-state index in [0.29, 0.717) is 26.1 Å².